The number of aliphatic hydroxyl groups excluding tert-OH is 1. The highest BCUT2D eigenvalue weighted by Crippen LogP contribution is 2.13. The highest BCUT2D eigenvalue weighted by atomic mass is 16.3. The summed E-state index contributed by atoms with van der Waals surface area (Å²) in [6.45, 7) is 7.27. The van der Waals surface area contributed by atoms with Crippen molar-refractivity contribution in [2.45, 2.75) is 20.0 Å². The summed E-state index contributed by atoms with van der Waals surface area (Å²) in [5, 5.41) is 8.93. The number of likely N-dealkylation sites (tertiary alicyclic amines) is 1. The molecule has 54 valence electrons. The van der Waals surface area contributed by atoms with Gasteiger partial charge in [-0.3, -0.25) is 0 Å². The zero-order valence-electron chi connectivity index (χ0n) is 6.17. The fraction of sp³-hybridized carbons (Fsp3) is 1.00. The largest absolute Gasteiger partial charge is 0.392 e. The molecular weight excluding hydrogens is 114 g/mol. The van der Waals surface area contributed by atoms with Gasteiger partial charge in [-0.15, -0.1) is 0 Å². The lowest BCUT2D eigenvalue weighted by Crippen LogP contribution is -2.47. The molecule has 1 aliphatic heterocycles. The molecule has 0 spiro atoms. The van der Waals surface area contributed by atoms with Crippen LogP contribution in [0.2, 0.25) is 0 Å². The molecule has 0 bridgehead atoms. The van der Waals surface area contributed by atoms with Gasteiger partial charge in [-0.2, -0.15) is 0 Å². The summed E-state index contributed by atoms with van der Waals surface area (Å²) in [6, 6.07) is 0. The third-order valence-corrected chi connectivity index (χ3v) is 1.66. The summed E-state index contributed by atoms with van der Waals surface area (Å²) < 4.78 is 0. The van der Waals surface area contributed by atoms with Crippen molar-refractivity contribution in [1.29, 1.82) is 0 Å². The lowest BCUT2D eigenvalue weighted by atomic mass is 10.0. The maximum absolute atomic E-state index is 8.93. The Kier molecular flexibility index (Phi) is 2.09. The van der Waals surface area contributed by atoms with Crippen LogP contribution >= 0.6 is 0 Å². The molecule has 0 saturated carbocycles. The highest BCUT2D eigenvalue weighted by molar-refractivity contribution is 4.76. The summed E-state index contributed by atoms with van der Waals surface area (Å²) in [5.41, 5.74) is 0. The van der Waals surface area contributed by atoms with Gasteiger partial charge < -0.3 is 10.0 Å². The zero-order valence-corrected chi connectivity index (χ0v) is 6.17. The van der Waals surface area contributed by atoms with Crippen molar-refractivity contribution in [3.63, 3.8) is 0 Å². The van der Waals surface area contributed by atoms with Crippen molar-refractivity contribution < 1.29 is 5.11 Å². The predicted octanol–water partition coefficient (Wildman–Crippen LogP) is 0.319. The van der Waals surface area contributed by atoms with Gasteiger partial charge in [0.2, 0.25) is 0 Å². The van der Waals surface area contributed by atoms with Crippen molar-refractivity contribution in [2.75, 3.05) is 19.6 Å². The first-order chi connectivity index (χ1) is 4.18. The van der Waals surface area contributed by atoms with E-state index in [1.807, 2.05) is 6.92 Å². The summed E-state index contributed by atoms with van der Waals surface area (Å²) in [7, 11) is 0. The smallest absolute Gasteiger partial charge is 0.0639 e. The second-order valence-electron chi connectivity index (χ2n) is 3.17. The van der Waals surface area contributed by atoms with Gasteiger partial charge in [0.25, 0.3) is 0 Å². The van der Waals surface area contributed by atoms with E-state index in [0.717, 1.165) is 12.5 Å². The molecule has 0 aromatic heterocycles. The van der Waals surface area contributed by atoms with Gasteiger partial charge in [-0.05, 0) is 12.8 Å². The molecule has 0 amide bonds. The van der Waals surface area contributed by atoms with Crippen molar-refractivity contribution in [2.24, 2.45) is 5.92 Å². The van der Waals surface area contributed by atoms with Crippen molar-refractivity contribution in [3.8, 4) is 0 Å². The van der Waals surface area contributed by atoms with E-state index in [2.05, 4.69) is 11.8 Å². The quantitative estimate of drug-likeness (QED) is 0.580. The van der Waals surface area contributed by atoms with Crippen LogP contribution in [-0.4, -0.2) is 35.7 Å². The maximum atomic E-state index is 8.93. The minimum absolute atomic E-state index is 0.155. The van der Waals surface area contributed by atoms with E-state index < -0.39 is 0 Å². The first-order valence-corrected chi connectivity index (χ1v) is 3.59. The topological polar surface area (TPSA) is 23.5 Å². The van der Waals surface area contributed by atoms with Gasteiger partial charge in [0.1, 0.15) is 0 Å². The Morgan fingerprint density at radius 2 is 2.22 bits per heavy atom. The average Bonchev–Trinajstić information content (AvgIpc) is 1.60. The Bertz CT molecular complexity index is 86.9. The highest BCUT2D eigenvalue weighted by Gasteiger charge is 2.22. The number of hydrogen-bond acceptors (Lipinski definition) is 2. The van der Waals surface area contributed by atoms with E-state index in [4.69, 9.17) is 5.11 Å². The number of β-amino-alcohol motifs (C(OH)–C–C–N with tert-alkyl or cyclic N) is 1. The summed E-state index contributed by atoms with van der Waals surface area (Å²) in [4.78, 5) is 2.27. The van der Waals surface area contributed by atoms with Gasteiger partial charge >= 0.3 is 0 Å². The normalized spacial score (nSPS) is 25.7. The maximum Gasteiger partial charge on any atom is 0.0639 e. The van der Waals surface area contributed by atoms with Crippen LogP contribution < -0.4 is 0 Å². The predicted molar refractivity (Wildman–Crippen MR) is 37.3 cm³/mol. The van der Waals surface area contributed by atoms with Gasteiger partial charge in [-0.1, -0.05) is 6.92 Å². The lowest BCUT2D eigenvalue weighted by molar-refractivity contribution is 0.0546. The molecule has 1 aliphatic rings. The SMILES string of the molecule is CC(O)CN1CC(C)C1. The molecule has 0 aromatic rings. The summed E-state index contributed by atoms with van der Waals surface area (Å²) in [5.74, 6) is 0.851. The van der Waals surface area contributed by atoms with E-state index in [-0.39, 0.29) is 6.10 Å². The van der Waals surface area contributed by atoms with E-state index >= 15 is 0 Å². The van der Waals surface area contributed by atoms with Crippen LogP contribution in [0.15, 0.2) is 0 Å². The Morgan fingerprint density at radius 1 is 1.67 bits per heavy atom. The van der Waals surface area contributed by atoms with Crippen molar-refractivity contribution in [3.05, 3.63) is 0 Å². The summed E-state index contributed by atoms with van der Waals surface area (Å²) >= 11 is 0. The van der Waals surface area contributed by atoms with Crippen LogP contribution in [0.5, 0.6) is 0 Å². The molecule has 1 unspecified atom stereocenters. The third kappa shape index (κ3) is 1.95. The Balaban J connectivity index is 2.04. The minimum atomic E-state index is -0.155. The van der Waals surface area contributed by atoms with Crippen LogP contribution in [0.4, 0.5) is 0 Å². The molecule has 1 N–H and O–H groups in total. The molecule has 1 saturated heterocycles. The van der Waals surface area contributed by atoms with E-state index in [9.17, 15) is 0 Å². The number of hydrogen-bond donors (Lipinski definition) is 1. The van der Waals surface area contributed by atoms with Crippen LogP contribution in [-0.2, 0) is 0 Å². The molecule has 2 heteroatoms. The van der Waals surface area contributed by atoms with Crippen molar-refractivity contribution >= 4 is 0 Å². The van der Waals surface area contributed by atoms with Gasteiger partial charge in [0.15, 0.2) is 0 Å². The zero-order chi connectivity index (χ0) is 6.85. The molecule has 0 radical (unpaired) electrons. The first-order valence-electron chi connectivity index (χ1n) is 3.59. The molecular formula is C7H15NO. The molecule has 1 atom stereocenters. The molecule has 2 nitrogen and oxygen atoms in total. The molecule has 0 aromatic carbocycles. The first kappa shape index (κ1) is 7.03. The number of rotatable bonds is 2. The van der Waals surface area contributed by atoms with Crippen LogP contribution in [0, 0.1) is 5.92 Å². The van der Waals surface area contributed by atoms with E-state index in [1.54, 1.807) is 0 Å². The molecule has 1 rings (SSSR count). The van der Waals surface area contributed by atoms with Gasteiger partial charge in [0.05, 0.1) is 6.10 Å². The second kappa shape index (κ2) is 2.67. The van der Waals surface area contributed by atoms with Crippen molar-refractivity contribution in [1.82, 2.24) is 4.90 Å². The van der Waals surface area contributed by atoms with Gasteiger partial charge in [0, 0.05) is 19.6 Å². The molecule has 1 fully saturated rings. The Hall–Kier alpha value is -0.0800. The summed E-state index contributed by atoms with van der Waals surface area (Å²) in [6.07, 6.45) is -0.155. The van der Waals surface area contributed by atoms with E-state index in [1.165, 1.54) is 13.1 Å². The Labute approximate surface area is 56.5 Å². The molecule has 0 aliphatic carbocycles. The Morgan fingerprint density at radius 3 is 2.56 bits per heavy atom. The monoisotopic (exact) mass is 129 g/mol. The fourth-order valence-corrected chi connectivity index (χ4v) is 1.35. The van der Waals surface area contributed by atoms with Crippen LogP contribution in [0.1, 0.15) is 13.8 Å². The second-order valence-corrected chi connectivity index (χ2v) is 3.17. The van der Waals surface area contributed by atoms with Crippen LogP contribution in [0.25, 0.3) is 0 Å². The van der Waals surface area contributed by atoms with E-state index in [0.29, 0.717) is 0 Å². The third-order valence-electron chi connectivity index (χ3n) is 1.66. The number of nitrogens with zero attached hydrogens (tertiary/aromatic N) is 1. The molecule has 9 heavy (non-hydrogen) atoms. The fourth-order valence-electron chi connectivity index (χ4n) is 1.35. The number of aliphatic hydroxyl groups is 1. The standard InChI is InChI=1S/C7H15NO/c1-6-3-8(4-6)5-7(2)9/h6-7,9H,3-5H2,1-2H3. The molecule has 1 heterocycles. The average molecular weight is 129 g/mol. The lowest BCUT2D eigenvalue weighted by Gasteiger charge is -2.37. The minimum Gasteiger partial charge on any atom is -0.392 e. The van der Waals surface area contributed by atoms with Gasteiger partial charge in [-0.25, -0.2) is 0 Å². The van der Waals surface area contributed by atoms with Crippen LogP contribution in [0.3, 0.4) is 0 Å².